The molecule has 4 heteroatoms. The smallest absolute Gasteiger partial charge is 0.164 e. The molecule has 0 atom stereocenters. The van der Waals surface area contributed by atoms with Crippen molar-refractivity contribution >= 4 is 0 Å². The van der Waals surface area contributed by atoms with Gasteiger partial charge in [-0.2, -0.15) is 5.26 Å². The zero-order valence-electron chi connectivity index (χ0n) is 30.4. The molecule has 0 unspecified atom stereocenters. The fourth-order valence-electron chi connectivity index (χ4n) is 7.11. The monoisotopic (exact) mass is 714 g/mol. The second-order valence-electron chi connectivity index (χ2n) is 13.6. The Kier molecular flexibility index (Phi) is 9.31. The molecule has 9 aromatic rings. The Hall–Kier alpha value is -7.74. The standard InChI is InChI=1S/C52H34N4/c53-35-36-19-21-39(22-20-36)42-27-33-46(34-28-42)51-54-50(45-31-25-41(26-32-45)38-13-6-2-7-14-38)55-52(56-51)48-18-10-17-47(43-15-8-3-9-16-43)49(48)44-29-23-40(24-30-44)37-11-4-1-5-12-37/h1-34H. The normalized spacial score (nSPS) is 10.8. The van der Waals surface area contributed by atoms with Crippen LogP contribution in [0.3, 0.4) is 0 Å². The minimum atomic E-state index is 0.582. The van der Waals surface area contributed by atoms with Crippen LogP contribution in [0, 0.1) is 11.3 Å². The van der Waals surface area contributed by atoms with Crippen LogP contribution < -0.4 is 0 Å². The van der Waals surface area contributed by atoms with E-state index < -0.39 is 0 Å². The Bertz CT molecular complexity index is 2790. The lowest BCUT2D eigenvalue weighted by Gasteiger charge is -2.17. The van der Waals surface area contributed by atoms with Gasteiger partial charge in [0.15, 0.2) is 17.5 Å². The maximum Gasteiger partial charge on any atom is 0.164 e. The third kappa shape index (κ3) is 7.01. The Morgan fingerprint density at radius 2 is 0.607 bits per heavy atom. The summed E-state index contributed by atoms with van der Waals surface area (Å²) < 4.78 is 0. The largest absolute Gasteiger partial charge is 0.208 e. The van der Waals surface area contributed by atoms with Crippen LogP contribution in [0.15, 0.2) is 206 Å². The first-order valence-corrected chi connectivity index (χ1v) is 18.6. The average molecular weight is 715 g/mol. The predicted molar refractivity (Wildman–Crippen MR) is 228 cm³/mol. The number of nitriles is 1. The lowest BCUT2D eigenvalue weighted by Crippen LogP contribution is -2.02. The minimum absolute atomic E-state index is 0.582. The number of aromatic nitrogens is 3. The second-order valence-corrected chi connectivity index (χ2v) is 13.6. The van der Waals surface area contributed by atoms with Gasteiger partial charge in [0.05, 0.1) is 11.6 Å². The lowest BCUT2D eigenvalue weighted by atomic mass is 9.89. The number of hydrogen-bond acceptors (Lipinski definition) is 4. The van der Waals surface area contributed by atoms with Crippen molar-refractivity contribution < 1.29 is 0 Å². The summed E-state index contributed by atoms with van der Waals surface area (Å²) in [5.74, 6) is 1.77. The second kappa shape index (κ2) is 15.3. The zero-order valence-corrected chi connectivity index (χ0v) is 30.4. The van der Waals surface area contributed by atoms with E-state index in [-0.39, 0.29) is 0 Å². The van der Waals surface area contributed by atoms with E-state index in [9.17, 15) is 5.26 Å². The lowest BCUT2D eigenvalue weighted by molar-refractivity contribution is 1.07. The van der Waals surface area contributed by atoms with Gasteiger partial charge in [-0.15, -0.1) is 0 Å². The van der Waals surface area contributed by atoms with Crippen LogP contribution in [-0.4, -0.2) is 15.0 Å². The van der Waals surface area contributed by atoms with Gasteiger partial charge in [0, 0.05) is 22.3 Å². The number of rotatable bonds is 8. The molecule has 0 aliphatic carbocycles. The highest BCUT2D eigenvalue weighted by atomic mass is 15.0. The van der Waals surface area contributed by atoms with E-state index in [1.165, 1.54) is 5.56 Å². The summed E-state index contributed by atoms with van der Waals surface area (Å²) in [5, 5.41) is 9.28. The predicted octanol–water partition coefficient (Wildman–Crippen LogP) is 13.1. The fourth-order valence-corrected chi connectivity index (χ4v) is 7.11. The van der Waals surface area contributed by atoms with Gasteiger partial charge in [-0.3, -0.25) is 0 Å². The van der Waals surface area contributed by atoms with E-state index in [0.29, 0.717) is 23.0 Å². The average Bonchev–Trinajstić information content (AvgIpc) is 3.29. The summed E-state index contributed by atoms with van der Waals surface area (Å²) in [4.78, 5) is 15.5. The van der Waals surface area contributed by atoms with Crippen molar-refractivity contribution in [3.63, 3.8) is 0 Å². The minimum Gasteiger partial charge on any atom is -0.208 e. The van der Waals surface area contributed by atoms with Crippen molar-refractivity contribution in [2.45, 2.75) is 0 Å². The molecule has 1 aromatic heterocycles. The topological polar surface area (TPSA) is 62.5 Å². The Balaban J connectivity index is 1.20. The molecule has 0 saturated heterocycles. The van der Waals surface area contributed by atoms with E-state index in [1.54, 1.807) is 0 Å². The number of benzene rings is 8. The van der Waals surface area contributed by atoms with Gasteiger partial charge >= 0.3 is 0 Å². The fraction of sp³-hybridized carbons (Fsp3) is 0. The summed E-state index contributed by atoms with van der Waals surface area (Å²) in [7, 11) is 0. The van der Waals surface area contributed by atoms with Gasteiger partial charge in [-0.1, -0.05) is 194 Å². The van der Waals surface area contributed by atoms with Crippen LogP contribution in [0.4, 0.5) is 0 Å². The zero-order chi connectivity index (χ0) is 37.7. The van der Waals surface area contributed by atoms with Crippen LogP contribution in [0.25, 0.3) is 89.8 Å². The molecule has 262 valence electrons. The molecule has 0 aliphatic rings. The third-order valence-electron chi connectivity index (χ3n) is 10.0. The molecule has 0 fully saturated rings. The Morgan fingerprint density at radius 1 is 0.268 bits per heavy atom. The quantitative estimate of drug-likeness (QED) is 0.157. The number of hydrogen-bond donors (Lipinski definition) is 0. The molecular formula is C52H34N4. The first-order valence-electron chi connectivity index (χ1n) is 18.6. The molecule has 0 amide bonds. The van der Waals surface area contributed by atoms with Crippen LogP contribution in [0.2, 0.25) is 0 Å². The van der Waals surface area contributed by atoms with Gasteiger partial charge in [0.1, 0.15) is 0 Å². The van der Waals surface area contributed by atoms with E-state index in [1.807, 2.05) is 42.5 Å². The number of nitrogens with zero attached hydrogens (tertiary/aromatic N) is 4. The van der Waals surface area contributed by atoms with Gasteiger partial charge in [-0.25, -0.2) is 15.0 Å². The molecule has 1 heterocycles. The molecule has 0 saturated carbocycles. The summed E-state index contributed by atoms with van der Waals surface area (Å²) in [6.07, 6.45) is 0. The maximum atomic E-state index is 9.28. The van der Waals surface area contributed by atoms with Crippen molar-refractivity contribution in [3.8, 4) is 95.9 Å². The summed E-state index contributed by atoms with van der Waals surface area (Å²) >= 11 is 0. The van der Waals surface area contributed by atoms with Crippen LogP contribution in [0.5, 0.6) is 0 Å². The van der Waals surface area contributed by atoms with E-state index >= 15 is 0 Å². The highest BCUT2D eigenvalue weighted by Crippen LogP contribution is 2.40. The SMILES string of the molecule is N#Cc1ccc(-c2ccc(-c3nc(-c4ccc(-c5ccccc5)cc4)nc(-c4cccc(-c5ccccc5)c4-c4ccc(-c5ccccc5)cc4)n3)cc2)cc1. The molecule has 0 spiro atoms. The summed E-state index contributed by atoms with van der Waals surface area (Å²) in [5.41, 5.74) is 14.3. The van der Waals surface area contributed by atoms with Crippen molar-refractivity contribution in [2.24, 2.45) is 0 Å². The molecule has 8 aromatic carbocycles. The van der Waals surface area contributed by atoms with Crippen molar-refractivity contribution in [1.82, 2.24) is 15.0 Å². The maximum absolute atomic E-state index is 9.28. The molecule has 4 nitrogen and oxygen atoms in total. The Labute approximate surface area is 326 Å². The van der Waals surface area contributed by atoms with Crippen LogP contribution in [-0.2, 0) is 0 Å². The molecule has 9 rings (SSSR count). The third-order valence-corrected chi connectivity index (χ3v) is 10.0. The molecule has 0 radical (unpaired) electrons. The Morgan fingerprint density at radius 3 is 1.05 bits per heavy atom. The van der Waals surface area contributed by atoms with E-state index in [4.69, 9.17) is 15.0 Å². The van der Waals surface area contributed by atoms with Crippen LogP contribution in [0.1, 0.15) is 5.56 Å². The van der Waals surface area contributed by atoms with Crippen molar-refractivity contribution in [1.29, 1.82) is 5.26 Å². The molecule has 0 N–H and O–H groups in total. The molecular weight excluding hydrogens is 681 g/mol. The van der Waals surface area contributed by atoms with Gasteiger partial charge in [0.2, 0.25) is 0 Å². The van der Waals surface area contributed by atoms with Gasteiger partial charge < -0.3 is 0 Å². The van der Waals surface area contributed by atoms with E-state index in [0.717, 1.165) is 66.8 Å². The first kappa shape index (κ1) is 34.1. The summed E-state index contributed by atoms with van der Waals surface area (Å²) in [6.45, 7) is 0. The van der Waals surface area contributed by atoms with E-state index in [2.05, 4.69) is 170 Å². The molecule has 0 aliphatic heterocycles. The van der Waals surface area contributed by atoms with Gasteiger partial charge in [-0.05, 0) is 62.2 Å². The first-order chi connectivity index (χ1) is 27.7. The van der Waals surface area contributed by atoms with Crippen molar-refractivity contribution in [2.75, 3.05) is 0 Å². The summed E-state index contributed by atoms with van der Waals surface area (Å²) in [6, 6.07) is 72.9. The highest BCUT2D eigenvalue weighted by molar-refractivity contribution is 5.94. The molecule has 56 heavy (non-hydrogen) atoms. The van der Waals surface area contributed by atoms with Crippen molar-refractivity contribution in [3.05, 3.63) is 212 Å². The van der Waals surface area contributed by atoms with Gasteiger partial charge in [0.25, 0.3) is 0 Å². The molecule has 0 bridgehead atoms. The van der Waals surface area contributed by atoms with Crippen LogP contribution >= 0.6 is 0 Å². The highest BCUT2D eigenvalue weighted by Gasteiger charge is 2.19.